The molecule has 7 heteroatoms. The van der Waals surface area contributed by atoms with Crippen LogP contribution in [0.4, 0.5) is 4.79 Å². The lowest BCUT2D eigenvalue weighted by Crippen LogP contribution is -2.47. The molecule has 0 spiro atoms. The number of ether oxygens (including phenoxy) is 1. The van der Waals surface area contributed by atoms with E-state index in [2.05, 4.69) is 10.3 Å². The highest BCUT2D eigenvalue weighted by Crippen LogP contribution is 2.21. The van der Waals surface area contributed by atoms with E-state index < -0.39 is 5.60 Å². The van der Waals surface area contributed by atoms with Crippen LogP contribution in [0.3, 0.4) is 0 Å². The van der Waals surface area contributed by atoms with Gasteiger partial charge in [0, 0.05) is 19.3 Å². The van der Waals surface area contributed by atoms with E-state index in [0.29, 0.717) is 13.1 Å². The summed E-state index contributed by atoms with van der Waals surface area (Å²) in [6.07, 6.45) is 4.68. The van der Waals surface area contributed by atoms with Crippen LogP contribution in [0.2, 0.25) is 0 Å². The molecule has 0 bridgehead atoms. The molecule has 7 nitrogen and oxygen atoms in total. The maximum atomic E-state index is 12.3. The maximum Gasteiger partial charge on any atom is 0.410 e. The van der Waals surface area contributed by atoms with Crippen LogP contribution in [0.5, 0.6) is 0 Å². The first-order valence-electron chi connectivity index (χ1n) is 7.48. The van der Waals surface area contributed by atoms with E-state index in [1.807, 2.05) is 31.9 Å². The normalized spacial score (nSPS) is 19.6. The fourth-order valence-corrected chi connectivity index (χ4v) is 2.49. The van der Waals surface area contributed by atoms with Gasteiger partial charge in [0.15, 0.2) is 0 Å². The Morgan fingerprint density at radius 1 is 1.48 bits per heavy atom. The van der Waals surface area contributed by atoms with Crippen LogP contribution in [-0.2, 0) is 17.8 Å². The zero-order valence-corrected chi connectivity index (χ0v) is 13.1. The van der Waals surface area contributed by atoms with Gasteiger partial charge in [-0.3, -0.25) is 4.68 Å². The summed E-state index contributed by atoms with van der Waals surface area (Å²) in [5, 5.41) is 8.04. The molecule has 21 heavy (non-hydrogen) atoms. The van der Waals surface area contributed by atoms with E-state index in [9.17, 15) is 4.79 Å². The van der Waals surface area contributed by atoms with E-state index in [1.54, 1.807) is 4.68 Å². The Hall–Kier alpha value is -1.63. The second-order valence-electron chi connectivity index (χ2n) is 6.46. The standard InChI is InChI=1S/C14H25N5O2/c1-14(2,3)21-13(20)19-7-5-4-6-12(19)10-18-9-11(8-15)16-17-18/h9,12H,4-8,10,15H2,1-3H3. The Balaban J connectivity index is 2.02. The molecule has 2 N–H and O–H groups in total. The minimum Gasteiger partial charge on any atom is -0.444 e. The summed E-state index contributed by atoms with van der Waals surface area (Å²) in [6, 6.07) is 0.0981. The topological polar surface area (TPSA) is 86.3 Å². The van der Waals surface area contributed by atoms with Crippen LogP contribution in [-0.4, -0.2) is 44.2 Å². The second kappa shape index (κ2) is 6.43. The summed E-state index contributed by atoms with van der Waals surface area (Å²) in [7, 11) is 0. The van der Waals surface area contributed by atoms with Crippen LogP contribution in [0.15, 0.2) is 6.20 Å². The van der Waals surface area contributed by atoms with Crippen LogP contribution in [0.25, 0.3) is 0 Å². The number of carbonyl (C=O) groups is 1. The second-order valence-corrected chi connectivity index (χ2v) is 6.46. The van der Waals surface area contributed by atoms with Gasteiger partial charge in [-0.2, -0.15) is 0 Å². The molecule has 0 aliphatic carbocycles. The first kappa shape index (κ1) is 15.8. The molecule has 1 aromatic rings. The monoisotopic (exact) mass is 295 g/mol. The summed E-state index contributed by atoms with van der Waals surface area (Å²) in [6.45, 7) is 7.39. The van der Waals surface area contributed by atoms with Gasteiger partial charge in [0.25, 0.3) is 0 Å². The van der Waals surface area contributed by atoms with Crippen molar-refractivity contribution in [2.45, 2.75) is 64.8 Å². The predicted octanol–water partition coefficient (Wildman–Crippen LogP) is 1.53. The number of carbonyl (C=O) groups excluding carboxylic acids is 1. The molecular formula is C14H25N5O2. The number of nitrogens with two attached hydrogens (primary N) is 1. The lowest BCUT2D eigenvalue weighted by atomic mass is 10.0. The third kappa shape index (κ3) is 4.42. The zero-order valence-electron chi connectivity index (χ0n) is 13.1. The van der Waals surface area contributed by atoms with E-state index in [4.69, 9.17) is 10.5 Å². The van der Waals surface area contributed by atoms with Crippen molar-refractivity contribution < 1.29 is 9.53 Å². The van der Waals surface area contributed by atoms with Gasteiger partial charge in [0.1, 0.15) is 5.60 Å². The van der Waals surface area contributed by atoms with Crippen molar-refractivity contribution in [3.8, 4) is 0 Å². The molecule has 0 radical (unpaired) electrons. The number of piperidine rings is 1. The van der Waals surface area contributed by atoms with Crippen molar-refractivity contribution in [1.82, 2.24) is 19.9 Å². The van der Waals surface area contributed by atoms with Gasteiger partial charge in [-0.05, 0) is 40.0 Å². The molecule has 118 valence electrons. The van der Waals surface area contributed by atoms with Crippen molar-refractivity contribution in [2.24, 2.45) is 5.73 Å². The number of aromatic nitrogens is 3. The molecular weight excluding hydrogens is 270 g/mol. The summed E-state index contributed by atoms with van der Waals surface area (Å²) in [5.74, 6) is 0. The Morgan fingerprint density at radius 3 is 2.86 bits per heavy atom. The van der Waals surface area contributed by atoms with Crippen LogP contribution < -0.4 is 5.73 Å². The summed E-state index contributed by atoms with van der Waals surface area (Å²) in [5.41, 5.74) is 5.83. The van der Waals surface area contributed by atoms with Crippen LogP contribution in [0, 0.1) is 0 Å². The van der Waals surface area contributed by atoms with Crippen LogP contribution in [0.1, 0.15) is 45.7 Å². The molecule has 1 aliphatic rings. The molecule has 1 aliphatic heterocycles. The third-order valence-electron chi connectivity index (χ3n) is 3.45. The Kier molecular flexibility index (Phi) is 4.82. The molecule has 1 saturated heterocycles. The molecule has 1 unspecified atom stereocenters. The largest absolute Gasteiger partial charge is 0.444 e. The summed E-state index contributed by atoms with van der Waals surface area (Å²) < 4.78 is 7.25. The number of rotatable bonds is 3. The zero-order chi connectivity index (χ0) is 15.5. The van der Waals surface area contributed by atoms with Crippen LogP contribution >= 0.6 is 0 Å². The summed E-state index contributed by atoms with van der Waals surface area (Å²) >= 11 is 0. The molecule has 1 atom stereocenters. The maximum absolute atomic E-state index is 12.3. The highest BCUT2D eigenvalue weighted by atomic mass is 16.6. The predicted molar refractivity (Wildman–Crippen MR) is 78.5 cm³/mol. The molecule has 2 rings (SSSR count). The number of hydrogen-bond donors (Lipinski definition) is 1. The molecule has 0 aromatic carbocycles. The number of likely N-dealkylation sites (tertiary alicyclic amines) is 1. The lowest BCUT2D eigenvalue weighted by molar-refractivity contribution is 0.00733. The molecule has 0 saturated carbocycles. The van der Waals surface area contributed by atoms with Crippen molar-refractivity contribution >= 4 is 6.09 Å². The van der Waals surface area contributed by atoms with Crippen molar-refractivity contribution in [3.63, 3.8) is 0 Å². The lowest BCUT2D eigenvalue weighted by Gasteiger charge is -2.36. The van der Waals surface area contributed by atoms with Gasteiger partial charge >= 0.3 is 6.09 Å². The van der Waals surface area contributed by atoms with Gasteiger partial charge in [0.05, 0.1) is 18.3 Å². The van der Waals surface area contributed by atoms with E-state index in [0.717, 1.165) is 31.5 Å². The van der Waals surface area contributed by atoms with Crippen molar-refractivity contribution in [2.75, 3.05) is 6.54 Å². The van der Waals surface area contributed by atoms with Gasteiger partial charge in [0.2, 0.25) is 0 Å². The molecule has 2 heterocycles. The minimum atomic E-state index is -0.473. The fraction of sp³-hybridized carbons (Fsp3) is 0.786. The van der Waals surface area contributed by atoms with E-state index in [-0.39, 0.29) is 12.1 Å². The average molecular weight is 295 g/mol. The van der Waals surface area contributed by atoms with Crippen molar-refractivity contribution in [3.05, 3.63) is 11.9 Å². The Labute approximate surface area is 125 Å². The first-order chi connectivity index (χ1) is 9.89. The van der Waals surface area contributed by atoms with Gasteiger partial charge in [-0.1, -0.05) is 5.21 Å². The number of amides is 1. The molecule has 1 amide bonds. The highest BCUT2D eigenvalue weighted by Gasteiger charge is 2.30. The van der Waals surface area contributed by atoms with E-state index >= 15 is 0 Å². The van der Waals surface area contributed by atoms with Gasteiger partial charge in [-0.25, -0.2) is 4.79 Å². The Bertz CT molecular complexity index is 480. The number of hydrogen-bond acceptors (Lipinski definition) is 5. The third-order valence-corrected chi connectivity index (χ3v) is 3.45. The highest BCUT2D eigenvalue weighted by molar-refractivity contribution is 5.68. The molecule has 1 aromatic heterocycles. The summed E-state index contributed by atoms with van der Waals surface area (Å²) in [4.78, 5) is 14.1. The van der Waals surface area contributed by atoms with E-state index in [1.165, 1.54) is 0 Å². The van der Waals surface area contributed by atoms with Crippen molar-refractivity contribution in [1.29, 1.82) is 0 Å². The average Bonchev–Trinajstić information content (AvgIpc) is 2.85. The quantitative estimate of drug-likeness (QED) is 0.913. The first-order valence-corrected chi connectivity index (χ1v) is 7.48. The SMILES string of the molecule is CC(C)(C)OC(=O)N1CCCCC1Cn1cc(CN)nn1. The number of nitrogens with zero attached hydrogens (tertiary/aromatic N) is 4. The fourth-order valence-electron chi connectivity index (χ4n) is 2.49. The minimum absolute atomic E-state index is 0.0981. The van der Waals surface area contributed by atoms with Gasteiger partial charge < -0.3 is 15.4 Å². The van der Waals surface area contributed by atoms with Gasteiger partial charge in [-0.15, -0.1) is 5.10 Å². The Morgan fingerprint density at radius 2 is 2.24 bits per heavy atom. The smallest absolute Gasteiger partial charge is 0.410 e. The molecule has 1 fully saturated rings.